The van der Waals surface area contributed by atoms with Crippen LogP contribution in [0.15, 0.2) is 34.0 Å². The van der Waals surface area contributed by atoms with E-state index in [4.69, 9.17) is 10.5 Å². The molecule has 0 amide bonds. The highest BCUT2D eigenvalue weighted by molar-refractivity contribution is 7.94. The average Bonchev–Trinajstić information content (AvgIpc) is 2.77. The van der Waals surface area contributed by atoms with Gasteiger partial charge in [0, 0.05) is 17.1 Å². The summed E-state index contributed by atoms with van der Waals surface area (Å²) in [5, 5.41) is 1.57. The summed E-state index contributed by atoms with van der Waals surface area (Å²) in [4.78, 5) is 3.91. The molecular formula is C10H11N3O3S2. The predicted octanol–water partition coefficient (Wildman–Crippen LogP) is 1.53. The van der Waals surface area contributed by atoms with Crippen molar-refractivity contribution in [2.75, 3.05) is 17.6 Å². The summed E-state index contributed by atoms with van der Waals surface area (Å²) in [5.41, 5.74) is 6.28. The molecule has 0 unspecified atom stereocenters. The second kappa shape index (κ2) is 4.83. The highest BCUT2D eigenvalue weighted by atomic mass is 32.2. The molecule has 2 aromatic heterocycles. The molecule has 0 spiro atoms. The minimum Gasteiger partial charge on any atom is -0.481 e. The van der Waals surface area contributed by atoms with Crippen molar-refractivity contribution in [3.8, 4) is 5.88 Å². The SMILES string of the molecule is COc1ccc(NS(=O)(=O)c2cc(N)cs2)cn1. The molecule has 0 fully saturated rings. The van der Waals surface area contributed by atoms with Crippen molar-refractivity contribution in [1.82, 2.24) is 4.98 Å². The van der Waals surface area contributed by atoms with Crippen molar-refractivity contribution in [2.45, 2.75) is 4.21 Å². The number of nitrogens with zero attached hydrogens (tertiary/aromatic N) is 1. The molecule has 2 heterocycles. The van der Waals surface area contributed by atoms with Gasteiger partial charge in [-0.15, -0.1) is 11.3 Å². The van der Waals surface area contributed by atoms with E-state index in [1.54, 1.807) is 17.5 Å². The van der Waals surface area contributed by atoms with Gasteiger partial charge in [-0.05, 0) is 12.1 Å². The lowest BCUT2D eigenvalue weighted by molar-refractivity contribution is 0.398. The minimum absolute atomic E-state index is 0.163. The minimum atomic E-state index is -3.60. The number of rotatable bonds is 4. The Hall–Kier alpha value is -1.80. The first-order valence-electron chi connectivity index (χ1n) is 4.88. The van der Waals surface area contributed by atoms with Crippen molar-refractivity contribution in [3.05, 3.63) is 29.8 Å². The molecule has 0 atom stereocenters. The Balaban J connectivity index is 2.22. The van der Waals surface area contributed by atoms with Crippen LogP contribution in [0.4, 0.5) is 11.4 Å². The van der Waals surface area contributed by atoms with Crippen LogP contribution in [0.25, 0.3) is 0 Å². The fourth-order valence-corrected chi connectivity index (χ4v) is 3.36. The molecule has 6 nitrogen and oxygen atoms in total. The van der Waals surface area contributed by atoms with Gasteiger partial charge in [0.25, 0.3) is 10.0 Å². The number of sulfonamides is 1. The smallest absolute Gasteiger partial charge is 0.271 e. The fourth-order valence-electron chi connectivity index (χ4n) is 1.24. The van der Waals surface area contributed by atoms with Crippen LogP contribution < -0.4 is 15.2 Å². The highest BCUT2D eigenvalue weighted by Gasteiger charge is 2.16. The third-order valence-corrected chi connectivity index (χ3v) is 4.90. The number of aromatic nitrogens is 1. The second-order valence-corrected chi connectivity index (χ2v) is 6.21. The van der Waals surface area contributed by atoms with E-state index >= 15 is 0 Å². The lowest BCUT2D eigenvalue weighted by atomic mass is 10.4. The normalized spacial score (nSPS) is 11.2. The molecule has 0 aromatic carbocycles. The number of anilines is 2. The zero-order valence-corrected chi connectivity index (χ0v) is 11.1. The van der Waals surface area contributed by atoms with E-state index in [9.17, 15) is 8.42 Å². The summed E-state index contributed by atoms with van der Waals surface area (Å²) in [6.07, 6.45) is 1.38. The molecule has 0 aliphatic heterocycles. The fraction of sp³-hybridized carbons (Fsp3) is 0.100. The summed E-state index contributed by atoms with van der Waals surface area (Å²) in [7, 11) is -2.12. The molecule has 3 N–H and O–H groups in total. The van der Waals surface area contributed by atoms with E-state index < -0.39 is 10.0 Å². The highest BCUT2D eigenvalue weighted by Crippen LogP contribution is 2.24. The van der Waals surface area contributed by atoms with Gasteiger partial charge in [-0.3, -0.25) is 4.72 Å². The molecule has 96 valence electrons. The van der Waals surface area contributed by atoms with E-state index in [1.165, 1.54) is 19.4 Å². The number of thiophene rings is 1. The quantitative estimate of drug-likeness (QED) is 0.888. The topological polar surface area (TPSA) is 94.3 Å². The monoisotopic (exact) mass is 285 g/mol. The average molecular weight is 285 g/mol. The molecule has 0 aliphatic carbocycles. The zero-order valence-electron chi connectivity index (χ0n) is 9.45. The Morgan fingerprint density at radius 1 is 1.44 bits per heavy atom. The van der Waals surface area contributed by atoms with Crippen molar-refractivity contribution >= 4 is 32.7 Å². The third-order valence-electron chi connectivity index (χ3n) is 2.06. The standard InChI is InChI=1S/C10H11N3O3S2/c1-16-9-3-2-8(5-12-9)13-18(14,15)10-4-7(11)6-17-10/h2-6,13H,11H2,1H3. The Bertz CT molecular complexity index is 635. The van der Waals surface area contributed by atoms with Crippen molar-refractivity contribution in [1.29, 1.82) is 0 Å². The largest absolute Gasteiger partial charge is 0.481 e. The molecular weight excluding hydrogens is 274 g/mol. The first-order chi connectivity index (χ1) is 8.51. The van der Waals surface area contributed by atoms with Crippen LogP contribution in [0.1, 0.15) is 0 Å². The first kappa shape index (κ1) is 12.7. The number of pyridine rings is 1. The number of nitrogen functional groups attached to an aromatic ring is 1. The van der Waals surface area contributed by atoms with E-state index in [0.29, 0.717) is 17.3 Å². The molecule has 0 saturated heterocycles. The van der Waals surface area contributed by atoms with Gasteiger partial charge >= 0.3 is 0 Å². The van der Waals surface area contributed by atoms with Crippen LogP contribution in [0.2, 0.25) is 0 Å². The van der Waals surface area contributed by atoms with Gasteiger partial charge in [0.2, 0.25) is 5.88 Å². The number of methoxy groups -OCH3 is 1. The Morgan fingerprint density at radius 3 is 2.72 bits per heavy atom. The molecule has 2 aromatic rings. The Kier molecular flexibility index (Phi) is 3.39. The maximum Gasteiger partial charge on any atom is 0.271 e. The van der Waals surface area contributed by atoms with Gasteiger partial charge in [-0.1, -0.05) is 0 Å². The van der Waals surface area contributed by atoms with Crippen molar-refractivity contribution in [3.63, 3.8) is 0 Å². The van der Waals surface area contributed by atoms with Crippen LogP contribution in [0.3, 0.4) is 0 Å². The summed E-state index contributed by atoms with van der Waals surface area (Å²) in [6.45, 7) is 0. The number of nitrogens with one attached hydrogen (secondary N) is 1. The molecule has 0 bridgehead atoms. The van der Waals surface area contributed by atoms with Gasteiger partial charge in [-0.25, -0.2) is 13.4 Å². The van der Waals surface area contributed by atoms with Crippen LogP contribution in [-0.4, -0.2) is 20.5 Å². The van der Waals surface area contributed by atoms with Gasteiger partial charge in [0.05, 0.1) is 19.0 Å². The third kappa shape index (κ3) is 2.71. The molecule has 8 heteroatoms. The van der Waals surface area contributed by atoms with Crippen LogP contribution in [0, 0.1) is 0 Å². The zero-order chi connectivity index (χ0) is 13.2. The molecule has 0 saturated carbocycles. The molecule has 2 rings (SSSR count). The van der Waals surface area contributed by atoms with E-state index in [1.807, 2.05) is 0 Å². The van der Waals surface area contributed by atoms with Crippen LogP contribution >= 0.6 is 11.3 Å². The van der Waals surface area contributed by atoms with Gasteiger partial charge in [0.1, 0.15) is 4.21 Å². The second-order valence-electron chi connectivity index (χ2n) is 3.39. The number of hydrogen-bond acceptors (Lipinski definition) is 6. The van der Waals surface area contributed by atoms with E-state index in [2.05, 4.69) is 9.71 Å². The Morgan fingerprint density at radius 2 is 2.22 bits per heavy atom. The molecule has 18 heavy (non-hydrogen) atoms. The lowest BCUT2D eigenvalue weighted by Crippen LogP contribution is -2.11. The number of nitrogens with two attached hydrogens (primary N) is 1. The van der Waals surface area contributed by atoms with Crippen molar-refractivity contribution in [2.24, 2.45) is 0 Å². The summed E-state index contributed by atoms with van der Waals surface area (Å²) >= 11 is 1.06. The van der Waals surface area contributed by atoms with Crippen LogP contribution in [-0.2, 0) is 10.0 Å². The van der Waals surface area contributed by atoms with Crippen LogP contribution in [0.5, 0.6) is 5.88 Å². The Labute approximate surface area is 108 Å². The summed E-state index contributed by atoms with van der Waals surface area (Å²) < 4.78 is 31.4. The van der Waals surface area contributed by atoms with E-state index in [-0.39, 0.29) is 4.21 Å². The number of ether oxygens (including phenoxy) is 1. The maximum atomic E-state index is 12.0. The maximum absolute atomic E-state index is 12.0. The van der Waals surface area contributed by atoms with E-state index in [0.717, 1.165) is 11.3 Å². The summed E-state index contributed by atoms with van der Waals surface area (Å²) in [5.74, 6) is 0.415. The van der Waals surface area contributed by atoms with Gasteiger partial charge < -0.3 is 10.5 Å². The van der Waals surface area contributed by atoms with Crippen molar-refractivity contribution < 1.29 is 13.2 Å². The first-order valence-corrected chi connectivity index (χ1v) is 7.24. The predicted molar refractivity (Wildman–Crippen MR) is 70.3 cm³/mol. The molecule has 0 aliphatic rings. The summed E-state index contributed by atoms with van der Waals surface area (Å²) in [6, 6.07) is 4.55. The van der Waals surface area contributed by atoms with Gasteiger partial charge in [-0.2, -0.15) is 0 Å². The number of hydrogen-bond donors (Lipinski definition) is 2. The van der Waals surface area contributed by atoms with Gasteiger partial charge in [0.15, 0.2) is 0 Å². The lowest BCUT2D eigenvalue weighted by Gasteiger charge is -2.06. The molecule has 0 radical (unpaired) electrons.